The van der Waals surface area contributed by atoms with E-state index in [0.29, 0.717) is 17.3 Å². The van der Waals surface area contributed by atoms with Crippen LogP contribution in [0.15, 0.2) is 46.3 Å². The molecular formula is C28H38BrNO8S. The fourth-order valence-electron chi connectivity index (χ4n) is 5.32. The summed E-state index contributed by atoms with van der Waals surface area (Å²) >= 11 is 3.27. The maximum atomic E-state index is 13.8. The first-order valence-electron chi connectivity index (χ1n) is 13.5. The molecule has 0 aliphatic heterocycles. The van der Waals surface area contributed by atoms with Gasteiger partial charge in [-0.1, -0.05) is 34.8 Å². The van der Waals surface area contributed by atoms with Gasteiger partial charge in [-0.3, -0.25) is 13.8 Å². The molecule has 2 saturated carbocycles. The van der Waals surface area contributed by atoms with Gasteiger partial charge in [0.2, 0.25) is 0 Å². The molecule has 0 bridgehead atoms. The molecule has 9 nitrogen and oxygen atoms in total. The molecule has 3 rings (SSSR count). The van der Waals surface area contributed by atoms with Crippen LogP contribution in [0.4, 0.5) is 4.79 Å². The molecule has 216 valence electrons. The number of ether oxygens (including phenoxy) is 2. The van der Waals surface area contributed by atoms with Crippen molar-refractivity contribution in [2.75, 3.05) is 7.11 Å². The summed E-state index contributed by atoms with van der Waals surface area (Å²) in [4.78, 5) is 39.1. The molecule has 0 saturated heterocycles. The molecule has 0 aromatic heterocycles. The van der Waals surface area contributed by atoms with E-state index in [-0.39, 0.29) is 29.6 Å². The van der Waals surface area contributed by atoms with E-state index in [4.69, 9.17) is 13.7 Å². The molecule has 39 heavy (non-hydrogen) atoms. The quantitative estimate of drug-likeness (QED) is 0.125. The third kappa shape index (κ3) is 9.14. The fourth-order valence-corrected chi connectivity index (χ4v) is 6.68. The summed E-state index contributed by atoms with van der Waals surface area (Å²) in [5.41, 5.74) is 0. The summed E-state index contributed by atoms with van der Waals surface area (Å²) in [6, 6.07) is 5.13. The van der Waals surface area contributed by atoms with Crippen molar-refractivity contribution in [1.29, 1.82) is 0 Å². The van der Waals surface area contributed by atoms with Gasteiger partial charge in [-0.25, -0.2) is 4.79 Å². The molecule has 1 N–H and O–H groups in total. The monoisotopic (exact) mass is 627 g/mol. The zero-order valence-corrected chi connectivity index (χ0v) is 24.7. The topological polar surface area (TPSA) is 125 Å². The summed E-state index contributed by atoms with van der Waals surface area (Å²) in [5, 5.41) is 2.74. The van der Waals surface area contributed by atoms with Gasteiger partial charge in [-0.05, 0) is 82.1 Å². The highest BCUT2D eigenvalue weighted by Gasteiger charge is 2.47. The van der Waals surface area contributed by atoms with Gasteiger partial charge in [0, 0.05) is 10.4 Å². The molecule has 0 spiro atoms. The number of carbonyl (C=O) groups is 3. The van der Waals surface area contributed by atoms with Crippen molar-refractivity contribution in [3.8, 4) is 0 Å². The number of benzene rings is 1. The van der Waals surface area contributed by atoms with Crippen molar-refractivity contribution in [3.05, 3.63) is 41.4 Å². The van der Waals surface area contributed by atoms with Crippen LogP contribution >= 0.6 is 15.9 Å². The molecule has 4 atom stereocenters. The van der Waals surface area contributed by atoms with Crippen LogP contribution in [0.25, 0.3) is 0 Å². The number of halogens is 1. The van der Waals surface area contributed by atoms with Gasteiger partial charge in [0.25, 0.3) is 10.1 Å². The Morgan fingerprint density at radius 1 is 1.05 bits per heavy atom. The number of carbonyl (C=O) groups excluding carboxylic acids is 3. The van der Waals surface area contributed by atoms with Crippen LogP contribution in [0.2, 0.25) is 0 Å². The number of methoxy groups -OCH3 is 1. The van der Waals surface area contributed by atoms with Crippen LogP contribution in [0.5, 0.6) is 0 Å². The minimum Gasteiger partial charge on any atom is -0.469 e. The number of hydrogen-bond donors (Lipinski definition) is 1. The van der Waals surface area contributed by atoms with Crippen LogP contribution in [0, 0.1) is 11.8 Å². The average molecular weight is 629 g/mol. The number of unbranched alkanes of at least 4 members (excludes halogenated alkanes) is 3. The van der Waals surface area contributed by atoms with Crippen molar-refractivity contribution in [3.63, 3.8) is 0 Å². The zero-order valence-electron chi connectivity index (χ0n) is 22.3. The van der Waals surface area contributed by atoms with E-state index >= 15 is 0 Å². The number of ketones is 1. The van der Waals surface area contributed by atoms with E-state index in [0.717, 1.165) is 44.9 Å². The van der Waals surface area contributed by atoms with E-state index in [1.54, 1.807) is 12.1 Å². The molecule has 2 aliphatic rings. The Balaban J connectivity index is 1.74. The van der Waals surface area contributed by atoms with Gasteiger partial charge in [0.1, 0.15) is 6.10 Å². The van der Waals surface area contributed by atoms with Gasteiger partial charge >= 0.3 is 12.1 Å². The maximum Gasteiger partial charge on any atom is 0.407 e. The first-order valence-corrected chi connectivity index (χ1v) is 15.7. The lowest BCUT2D eigenvalue weighted by atomic mass is 9.86. The van der Waals surface area contributed by atoms with E-state index in [1.807, 2.05) is 6.08 Å². The smallest absolute Gasteiger partial charge is 0.407 e. The van der Waals surface area contributed by atoms with Crippen molar-refractivity contribution in [1.82, 2.24) is 5.32 Å². The molecule has 11 heteroatoms. The van der Waals surface area contributed by atoms with Crippen molar-refractivity contribution in [2.45, 2.75) is 93.8 Å². The summed E-state index contributed by atoms with van der Waals surface area (Å²) < 4.78 is 42.4. The average Bonchev–Trinajstić information content (AvgIpc) is 3.57. The first-order chi connectivity index (χ1) is 18.6. The number of esters is 1. The highest BCUT2D eigenvalue weighted by atomic mass is 79.9. The van der Waals surface area contributed by atoms with Gasteiger partial charge in [0.05, 0.1) is 30.1 Å². The van der Waals surface area contributed by atoms with E-state index < -0.39 is 46.2 Å². The van der Waals surface area contributed by atoms with E-state index in [1.165, 1.54) is 19.2 Å². The molecule has 2 aliphatic carbocycles. The second-order valence-electron chi connectivity index (χ2n) is 10.2. The van der Waals surface area contributed by atoms with Crippen LogP contribution in [0.3, 0.4) is 0 Å². The zero-order chi connectivity index (χ0) is 28.4. The summed E-state index contributed by atoms with van der Waals surface area (Å²) in [5.74, 6) is -2.71. The number of allylic oxidation sites excluding steroid dienone is 1. The van der Waals surface area contributed by atoms with Gasteiger partial charge < -0.3 is 14.8 Å². The SMILES string of the molecule is C=CCCCCC[C@H](NC(=O)OC1CCCC1)C(=O)C1C[C@@H](OS(=O)(=O)c2ccc(Br)cc2)C[C@H]1C(=O)OC. The largest absolute Gasteiger partial charge is 0.469 e. The lowest BCUT2D eigenvalue weighted by molar-refractivity contribution is -0.149. The Hall–Kier alpha value is -2.24. The van der Waals surface area contributed by atoms with Crippen LogP contribution < -0.4 is 5.32 Å². The molecule has 0 radical (unpaired) electrons. The maximum absolute atomic E-state index is 13.8. The molecule has 1 unspecified atom stereocenters. The molecule has 1 aromatic carbocycles. The standard InChI is InChI=1S/C28H38BrNO8S/c1-3-4-5-6-7-12-25(30-28(33)37-20-10-8-9-11-20)26(31)23-17-21(18-24(23)27(32)36-2)38-39(34,35)22-15-13-19(29)14-16-22/h3,13-16,20-21,23-25H,1,4-12,17-18H2,2H3,(H,30,33)/t21-,23?,24-,25+/m1/s1. The second kappa shape index (κ2) is 14.9. The Morgan fingerprint density at radius 2 is 1.72 bits per heavy atom. The molecule has 1 aromatic rings. The third-order valence-electron chi connectivity index (χ3n) is 7.37. The lowest BCUT2D eigenvalue weighted by Crippen LogP contribution is -2.46. The van der Waals surface area contributed by atoms with Crippen molar-refractivity contribution in [2.24, 2.45) is 11.8 Å². The minimum atomic E-state index is -4.12. The molecular weight excluding hydrogens is 590 g/mol. The van der Waals surface area contributed by atoms with Crippen LogP contribution in [-0.4, -0.2) is 51.6 Å². The van der Waals surface area contributed by atoms with Gasteiger partial charge in [-0.15, -0.1) is 6.58 Å². The lowest BCUT2D eigenvalue weighted by Gasteiger charge is -2.24. The summed E-state index contributed by atoms with van der Waals surface area (Å²) in [7, 11) is -2.90. The van der Waals surface area contributed by atoms with Crippen molar-refractivity contribution >= 4 is 43.9 Å². The summed E-state index contributed by atoms with van der Waals surface area (Å²) in [6.45, 7) is 3.72. The second-order valence-corrected chi connectivity index (χ2v) is 12.7. The Bertz CT molecular complexity index is 1100. The number of alkyl carbamates (subject to hydrolysis) is 1. The predicted molar refractivity (Wildman–Crippen MR) is 148 cm³/mol. The molecule has 0 heterocycles. The number of Topliss-reactive ketones (excluding diaryl/α,β-unsaturated/α-hetero) is 1. The normalized spacial score (nSPS) is 22.3. The first kappa shape index (κ1) is 31.3. The number of nitrogens with one attached hydrogen (secondary N) is 1. The summed E-state index contributed by atoms with van der Waals surface area (Å²) in [6.07, 6.45) is 7.42. The Labute approximate surface area is 239 Å². The predicted octanol–water partition coefficient (Wildman–Crippen LogP) is 5.47. The van der Waals surface area contributed by atoms with Crippen LogP contribution in [0.1, 0.15) is 70.6 Å². The number of hydrogen-bond acceptors (Lipinski definition) is 8. The molecule has 2 fully saturated rings. The minimum absolute atomic E-state index is 0.0113. The number of amides is 1. The van der Waals surface area contributed by atoms with E-state index in [2.05, 4.69) is 27.8 Å². The van der Waals surface area contributed by atoms with Gasteiger partial charge in [-0.2, -0.15) is 8.42 Å². The fraction of sp³-hybridized carbons (Fsp3) is 0.607. The Kier molecular flexibility index (Phi) is 12.0. The Morgan fingerprint density at radius 3 is 2.36 bits per heavy atom. The highest BCUT2D eigenvalue weighted by Crippen LogP contribution is 2.38. The molecule has 1 amide bonds. The third-order valence-corrected chi connectivity index (χ3v) is 9.27. The van der Waals surface area contributed by atoms with Crippen molar-refractivity contribution < 1.29 is 36.5 Å². The van der Waals surface area contributed by atoms with Gasteiger partial charge in [0.15, 0.2) is 5.78 Å². The van der Waals surface area contributed by atoms with Crippen LogP contribution in [-0.2, 0) is 33.4 Å². The highest BCUT2D eigenvalue weighted by molar-refractivity contribution is 9.10. The van der Waals surface area contributed by atoms with E-state index in [9.17, 15) is 22.8 Å². The number of rotatable bonds is 14.